The zero-order valence-corrected chi connectivity index (χ0v) is 10.3. The molecule has 0 fully saturated rings. The summed E-state index contributed by atoms with van der Waals surface area (Å²) in [4.78, 5) is 14.9. The molecule has 2 aromatic rings. The van der Waals surface area contributed by atoms with Crippen molar-refractivity contribution < 1.29 is 9.90 Å². The van der Waals surface area contributed by atoms with Gasteiger partial charge in [0.15, 0.2) is 5.13 Å². The molecule has 17 heavy (non-hydrogen) atoms. The minimum atomic E-state index is -0.761. The van der Waals surface area contributed by atoms with Crippen LogP contribution in [-0.2, 0) is 4.79 Å². The number of nitrogens with one attached hydrogen (secondary N) is 1. The predicted octanol–water partition coefficient (Wildman–Crippen LogP) is 2.96. The van der Waals surface area contributed by atoms with E-state index in [1.54, 1.807) is 11.3 Å². The number of thiazole rings is 1. The first kappa shape index (κ1) is 11.9. The minimum absolute atomic E-state index is 0.117. The fourth-order valence-electron chi connectivity index (χ4n) is 1.56. The lowest BCUT2D eigenvalue weighted by Gasteiger charge is -2.10. The van der Waals surface area contributed by atoms with Gasteiger partial charge in [0.2, 0.25) is 0 Å². The van der Waals surface area contributed by atoms with E-state index in [4.69, 9.17) is 5.11 Å². The van der Waals surface area contributed by atoms with Crippen molar-refractivity contribution in [1.29, 1.82) is 0 Å². The Morgan fingerprint density at radius 3 is 3.00 bits per heavy atom. The Kier molecular flexibility index (Phi) is 3.58. The highest BCUT2D eigenvalue weighted by atomic mass is 32.1. The van der Waals surface area contributed by atoms with Crippen molar-refractivity contribution in [2.75, 3.05) is 5.32 Å². The summed E-state index contributed by atoms with van der Waals surface area (Å²) in [7, 11) is 0. The highest BCUT2D eigenvalue weighted by Crippen LogP contribution is 2.26. The second-order valence-corrected chi connectivity index (χ2v) is 5.00. The molecular formula is C12H14N2O2S. The van der Waals surface area contributed by atoms with Crippen molar-refractivity contribution in [3.63, 3.8) is 0 Å². The van der Waals surface area contributed by atoms with Gasteiger partial charge in [0.1, 0.15) is 0 Å². The molecule has 90 valence electrons. The molecule has 0 spiro atoms. The second kappa shape index (κ2) is 5.14. The molecule has 5 heteroatoms. The van der Waals surface area contributed by atoms with Gasteiger partial charge in [-0.05, 0) is 25.5 Å². The van der Waals surface area contributed by atoms with Crippen LogP contribution in [0.3, 0.4) is 0 Å². The fraction of sp³-hybridized carbons (Fsp3) is 0.333. The third-order valence-corrected chi connectivity index (χ3v) is 3.42. The lowest BCUT2D eigenvalue weighted by molar-refractivity contribution is -0.137. The average molecular weight is 250 g/mol. The molecule has 1 aromatic heterocycles. The van der Waals surface area contributed by atoms with Crippen LogP contribution in [0.15, 0.2) is 24.3 Å². The molecule has 1 aromatic carbocycles. The summed E-state index contributed by atoms with van der Waals surface area (Å²) < 4.78 is 1.14. The zero-order valence-electron chi connectivity index (χ0n) is 9.51. The van der Waals surface area contributed by atoms with E-state index in [-0.39, 0.29) is 12.5 Å². The maximum Gasteiger partial charge on any atom is 0.303 e. The van der Waals surface area contributed by atoms with Crippen LogP contribution in [0.1, 0.15) is 19.8 Å². The lowest BCUT2D eigenvalue weighted by Crippen LogP contribution is -2.16. The first-order valence-electron chi connectivity index (χ1n) is 5.49. The number of benzene rings is 1. The smallest absolute Gasteiger partial charge is 0.303 e. The molecule has 2 N–H and O–H groups in total. The van der Waals surface area contributed by atoms with Crippen molar-refractivity contribution in [1.82, 2.24) is 4.98 Å². The summed E-state index contributed by atoms with van der Waals surface area (Å²) in [5, 5.41) is 12.7. The number of carbonyl (C=O) groups is 1. The maximum atomic E-state index is 10.5. The van der Waals surface area contributed by atoms with Crippen LogP contribution in [0.4, 0.5) is 5.13 Å². The van der Waals surface area contributed by atoms with Crippen LogP contribution in [-0.4, -0.2) is 22.1 Å². The SMILES string of the molecule is CC(CCC(=O)O)Nc1nc2ccccc2s1. The first-order chi connectivity index (χ1) is 8.15. The van der Waals surface area contributed by atoms with E-state index in [1.807, 2.05) is 31.2 Å². The van der Waals surface area contributed by atoms with E-state index < -0.39 is 5.97 Å². The molecule has 0 aliphatic carbocycles. The topological polar surface area (TPSA) is 62.2 Å². The molecule has 0 saturated heterocycles. The number of para-hydroxylation sites is 1. The monoisotopic (exact) mass is 250 g/mol. The van der Waals surface area contributed by atoms with Gasteiger partial charge in [0.25, 0.3) is 0 Å². The van der Waals surface area contributed by atoms with Gasteiger partial charge in [0, 0.05) is 12.5 Å². The van der Waals surface area contributed by atoms with E-state index in [9.17, 15) is 4.79 Å². The molecule has 0 aliphatic rings. The minimum Gasteiger partial charge on any atom is -0.481 e. The molecule has 1 atom stereocenters. The number of fused-ring (bicyclic) bond motifs is 1. The van der Waals surface area contributed by atoms with E-state index in [2.05, 4.69) is 10.3 Å². The van der Waals surface area contributed by atoms with Crippen LogP contribution in [0.2, 0.25) is 0 Å². The second-order valence-electron chi connectivity index (χ2n) is 3.96. The Morgan fingerprint density at radius 2 is 2.29 bits per heavy atom. The number of carboxylic acids is 1. The molecule has 0 amide bonds. The van der Waals surface area contributed by atoms with Crippen LogP contribution in [0, 0.1) is 0 Å². The van der Waals surface area contributed by atoms with E-state index in [1.165, 1.54) is 0 Å². The molecular weight excluding hydrogens is 236 g/mol. The number of hydrogen-bond acceptors (Lipinski definition) is 4. The third kappa shape index (κ3) is 3.17. The fourth-order valence-corrected chi connectivity index (χ4v) is 2.53. The molecule has 0 aliphatic heterocycles. The Bertz CT molecular complexity index is 491. The number of aliphatic carboxylic acids is 1. The number of carboxylic acid groups (broad SMARTS) is 1. The molecule has 2 rings (SSSR count). The van der Waals surface area contributed by atoms with Crippen molar-refractivity contribution in [3.8, 4) is 0 Å². The molecule has 1 heterocycles. The van der Waals surface area contributed by atoms with Gasteiger partial charge in [-0.1, -0.05) is 23.5 Å². The molecule has 1 unspecified atom stereocenters. The predicted molar refractivity (Wildman–Crippen MR) is 69.6 cm³/mol. The Balaban J connectivity index is 2.00. The third-order valence-electron chi connectivity index (χ3n) is 2.45. The Labute approximate surface area is 103 Å². The van der Waals surface area contributed by atoms with Crippen molar-refractivity contribution in [2.24, 2.45) is 0 Å². The summed E-state index contributed by atoms with van der Waals surface area (Å²) in [6.07, 6.45) is 0.782. The highest BCUT2D eigenvalue weighted by molar-refractivity contribution is 7.22. The number of hydrogen-bond donors (Lipinski definition) is 2. The summed E-state index contributed by atoms with van der Waals surface area (Å²) in [5.41, 5.74) is 0.977. The average Bonchev–Trinajstić information content (AvgIpc) is 2.68. The normalized spacial score (nSPS) is 12.5. The van der Waals surface area contributed by atoms with Crippen LogP contribution in [0.5, 0.6) is 0 Å². The summed E-state index contributed by atoms with van der Waals surface area (Å²) in [6, 6.07) is 8.06. The Morgan fingerprint density at radius 1 is 1.53 bits per heavy atom. The van der Waals surface area contributed by atoms with Crippen LogP contribution in [0.25, 0.3) is 10.2 Å². The van der Waals surface area contributed by atoms with Crippen LogP contribution >= 0.6 is 11.3 Å². The van der Waals surface area contributed by atoms with Gasteiger partial charge in [-0.25, -0.2) is 4.98 Å². The lowest BCUT2D eigenvalue weighted by atomic mass is 10.2. The van der Waals surface area contributed by atoms with Gasteiger partial charge in [-0.2, -0.15) is 0 Å². The van der Waals surface area contributed by atoms with Crippen molar-refractivity contribution in [2.45, 2.75) is 25.8 Å². The molecule has 4 nitrogen and oxygen atoms in total. The number of anilines is 1. The summed E-state index contributed by atoms with van der Waals surface area (Å²) in [5.74, 6) is -0.761. The van der Waals surface area contributed by atoms with Gasteiger partial charge in [-0.15, -0.1) is 0 Å². The number of aromatic nitrogens is 1. The number of rotatable bonds is 5. The molecule has 0 bridgehead atoms. The number of nitrogens with zero attached hydrogens (tertiary/aromatic N) is 1. The largest absolute Gasteiger partial charge is 0.481 e. The zero-order chi connectivity index (χ0) is 12.3. The highest BCUT2D eigenvalue weighted by Gasteiger charge is 2.08. The molecule has 0 radical (unpaired) electrons. The Hall–Kier alpha value is -1.62. The standard InChI is InChI=1S/C12H14N2O2S/c1-8(6-7-11(15)16)13-12-14-9-4-2-3-5-10(9)17-12/h2-5,8H,6-7H2,1H3,(H,13,14)(H,15,16). The summed E-state index contributed by atoms with van der Waals surface area (Å²) >= 11 is 1.59. The molecule has 0 saturated carbocycles. The first-order valence-corrected chi connectivity index (χ1v) is 6.30. The van der Waals surface area contributed by atoms with Gasteiger partial charge < -0.3 is 10.4 Å². The summed E-state index contributed by atoms with van der Waals surface area (Å²) in [6.45, 7) is 1.97. The van der Waals surface area contributed by atoms with Gasteiger partial charge in [0.05, 0.1) is 10.2 Å². The van der Waals surface area contributed by atoms with Gasteiger partial charge >= 0.3 is 5.97 Å². The van der Waals surface area contributed by atoms with Gasteiger partial charge in [-0.3, -0.25) is 4.79 Å². The van der Waals surface area contributed by atoms with E-state index in [0.717, 1.165) is 15.3 Å². The van der Waals surface area contributed by atoms with E-state index >= 15 is 0 Å². The van der Waals surface area contributed by atoms with E-state index in [0.29, 0.717) is 6.42 Å². The quantitative estimate of drug-likeness (QED) is 0.856. The van der Waals surface area contributed by atoms with Crippen LogP contribution < -0.4 is 5.32 Å². The van der Waals surface area contributed by atoms with Crippen molar-refractivity contribution in [3.05, 3.63) is 24.3 Å². The van der Waals surface area contributed by atoms with Crippen molar-refractivity contribution >= 4 is 32.7 Å². The maximum absolute atomic E-state index is 10.5.